The van der Waals surface area contributed by atoms with Crippen molar-refractivity contribution in [3.05, 3.63) is 28.8 Å². The van der Waals surface area contributed by atoms with Crippen LogP contribution in [-0.2, 0) is 42.6 Å². The molecular formula is C15H20F3N5O2S. The molecule has 2 aromatic rings. The largest absolute Gasteiger partial charge is 0.435 e. The van der Waals surface area contributed by atoms with Crippen LogP contribution in [0.3, 0.4) is 0 Å². The third-order valence-corrected chi connectivity index (χ3v) is 6.16. The highest BCUT2D eigenvalue weighted by Gasteiger charge is 2.40. The Balaban J connectivity index is 1.64. The molecule has 0 saturated carbocycles. The van der Waals surface area contributed by atoms with Crippen LogP contribution in [0.15, 0.2) is 11.1 Å². The van der Waals surface area contributed by atoms with Crippen LogP contribution >= 0.6 is 0 Å². The van der Waals surface area contributed by atoms with E-state index in [9.17, 15) is 21.6 Å². The van der Waals surface area contributed by atoms with Gasteiger partial charge in [0.15, 0.2) is 5.69 Å². The molecule has 11 heteroatoms. The molecule has 0 atom stereocenters. The van der Waals surface area contributed by atoms with Crippen LogP contribution < -0.4 is 4.72 Å². The minimum Gasteiger partial charge on any atom is -0.272 e. The molecule has 0 fully saturated rings. The van der Waals surface area contributed by atoms with E-state index in [-0.39, 0.29) is 23.5 Å². The predicted octanol–water partition coefficient (Wildman–Crippen LogP) is 1.80. The summed E-state index contributed by atoms with van der Waals surface area (Å²) in [6.45, 7) is 1.98. The fourth-order valence-corrected chi connectivity index (χ4v) is 4.45. The third kappa shape index (κ3) is 3.50. The Labute approximate surface area is 149 Å². The van der Waals surface area contributed by atoms with Gasteiger partial charge < -0.3 is 0 Å². The number of fused-ring (bicyclic) bond motifs is 1. The summed E-state index contributed by atoms with van der Waals surface area (Å²) in [4.78, 5) is 0.0966. The van der Waals surface area contributed by atoms with Crippen molar-refractivity contribution in [1.82, 2.24) is 24.3 Å². The van der Waals surface area contributed by atoms with Gasteiger partial charge in [0.2, 0.25) is 10.0 Å². The summed E-state index contributed by atoms with van der Waals surface area (Å²) < 4.78 is 69.0. The van der Waals surface area contributed by atoms with Gasteiger partial charge in [-0.3, -0.25) is 9.36 Å². The van der Waals surface area contributed by atoms with Crippen LogP contribution in [0.2, 0.25) is 0 Å². The molecule has 0 bridgehead atoms. The first-order valence-corrected chi connectivity index (χ1v) is 9.73. The van der Waals surface area contributed by atoms with Crippen LogP contribution in [0.1, 0.15) is 35.5 Å². The van der Waals surface area contributed by atoms with Gasteiger partial charge in [-0.05, 0) is 32.6 Å². The van der Waals surface area contributed by atoms with Crippen molar-refractivity contribution in [1.29, 1.82) is 0 Å². The van der Waals surface area contributed by atoms with Gasteiger partial charge in [-0.2, -0.15) is 23.4 Å². The topological polar surface area (TPSA) is 81.8 Å². The third-order valence-electron chi connectivity index (χ3n) is 4.59. The highest BCUT2D eigenvalue weighted by molar-refractivity contribution is 7.89. The normalized spacial score (nSPS) is 14.8. The molecule has 1 aliphatic rings. The molecular weight excluding hydrogens is 371 g/mol. The summed E-state index contributed by atoms with van der Waals surface area (Å²) in [5.41, 5.74) is 0.598. The zero-order valence-corrected chi connectivity index (χ0v) is 15.3. The maximum absolute atomic E-state index is 13.1. The first kappa shape index (κ1) is 18.9. The number of hydrogen-bond acceptors (Lipinski definition) is 4. The zero-order valence-electron chi connectivity index (χ0n) is 14.5. The Morgan fingerprint density at radius 1 is 1.31 bits per heavy atom. The average molecular weight is 391 g/mol. The molecule has 0 unspecified atom stereocenters. The monoisotopic (exact) mass is 391 g/mol. The summed E-state index contributed by atoms with van der Waals surface area (Å²) in [6.07, 6.45) is -1.21. The Morgan fingerprint density at radius 2 is 2.04 bits per heavy atom. The van der Waals surface area contributed by atoms with E-state index in [2.05, 4.69) is 14.9 Å². The van der Waals surface area contributed by atoms with E-state index in [0.29, 0.717) is 37.1 Å². The van der Waals surface area contributed by atoms with Crippen molar-refractivity contribution >= 4 is 10.0 Å². The minimum absolute atomic E-state index is 0.0966. The number of hydrogen-bond donors (Lipinski definition) is 1. The summed E-state index contributed by atoms with van der Waals surface area (Å²) in [6, 6.07) is 0. The molecule has 3 rings (SSSR count). The Hall–Kier alpha value is -1.88. The maximum atomic E-state index is 13.1. The van der Waals surface area contributed by atoms with E-state index >= 15 is 0 Å². The molecule has 0 radical (unpaired) electrons. The van der Waals surface area contributed by atoms with Crippen molar-refractivity contribution in [2.24, 2.45) is 7.05 Å². The summed E-state index contributed by atoms with van der Waals surface area (Å²) >= 11 is 0. The quantitative estimate of drug-likeness (QED) is 0.762. The summed E-state index contributed by atoms with van der Waals surface area (Å²) in [7, 11) is -2.05. The lowest BCUT2D eigenvalue weighted by Gasteiger charge is -2.08. The van der Waals surface area contributed by atoms with Gasteiger partial charge in [-0.25, -0.2) is 13.1 Å². The van der Waals surface area contributed by atoms with E-state index in [1.165, 1.54) is 15.6 Å². The number of rotatable bonds is 6. The highest BCUT2D eigenvalue weighted by atomic mass is 32.2. The molecule has 26 heavy (non-hydrogen) atoms. The lowest BCUT2D eigenvalue weighted by Crippen LogP contribution is -2.26. The standard InChI is InChI=1S/C15H20F3N5O2S/c1-10-13(9-19-22(10)2)26(24,25)20-7-4-8-23-12-6-3-5-11(12)14(21-23)15(16,17)18/h9,20H,3-8H2,1-2H3. The molecule has 1 aliphatic carbocycles. The van der Waals surface area contributed by atoms with Crippen LogP contribution in [-0.4, -0.2) is 34.5 Å². The fourth-order valence-electron chi connectivity index (χ4n) is 3.18. The molecule has 0 spiro atoms. The molecule has 144 valence electrons. The maximum Gasteiger partial charge on any atom is 0.435 e. The molecule has 0 aliphatic heterocycles. The van der Waals surface area contributed by atoms with Crippen molar-refractivity contribution < 1.29 is 21.6 Å². The molecule has 2 heterocycles. The number of aryl methyl sites for hydroxylation is 2. The number of halogens is 3. The fraction of sp³-hybridized carbons (Fsp3) is 0.600. The van der Waals surface area contributed by atoms with Gasteiger partial charge >= 0.3 is 6.18 Å². The predicted molar refractivity (Wildman–Crippen MR) is 87.0 cm³/mol. The molecule has 1 N–H and O–H groups in total. The number of sulfonamides is 1. The minimum atomic E-state index is -4.46. The van der Waals surface area contributed by atoms with E-state index in [4.69, 9.17) is 0 Å². The Morgan fingerprint density at radius 3 is 2.65 bits per heavy atom. The second-order valence-corrected chi connectivity index (χ2v) is 8.05. The van der Waals surface area contributed by atoms with Crippen LogP contribution in [0.5, 0.6) is 0 Å². The second-order valence-electron chi connectivity index (χ2n) is 6.32. The molecule has 0 amide bonds. The van der Waals surface area contributed by atoms with Gasteiger partial charge in [-0.15, -0.1) is 0 Å². The number of nitrogens with one attached hydrogen (secondary N) is 1. The van der Waals surface area contributed by atoms with Crippen molar-refractivity contribution in [3.8, 4) is 0 Å². The zero-order chi connectivity index (χ0) is 19.1. The summed E-state index contributed by atoms with van der Waals surface area (Å²) in [5, 5.41) is 7.61. The van der Waals surface area contributed by atoms with Gasteiger partial charge in [0, 0.05) is 31.4 Å². The first-order chi connectivity index (χ1) is 12.1. The Kier molecular flexibility index (Phi) is 4.86. The van der Waals surface area contributed by atoms with Crippen molar-refractivity contribution in [2.75, 3.05) is 6.54 Å². The summed E-state index contributed by atoms with van der Waals surface area (Å²) in [5.74, 6) is 0. The van der Waals surface area contributed by atoms with E-state index in [1.54, 1.807) is 14.0 Å². The van der Waals surface area contributed by atoms with Gasteiger partial charge in [0.05, 0.1) is 11.9 Å². The average Bonchev–Trinajstić information content (AvgIpc) is 3.20. The molecule has 7 nitrogen and oxygen atoms in total. The number of nitrogens with zero attached hydrogens (tertiary/aromatic N) is 4. The molecule has 0 aromatic carbocycles. The van der Waals surface area contributed by atoms with E-state index in [0.717, 1.165) is 0 Å². The highest BCUT2D eigenvalue weighted by Crippen LogP contribution is 2.36. The van der Waals surface area contributed by atoms with Crippen molar-refractivity contribution in [3.63, 3.8) is 0 Å². The van der Waals surface area contributed by atoms with Crippen LogP contribution in [0, 0.1) is 6.92 Å². The van der Waals surface area contributed by atoms with Gasteiger partial charge in [0.25, 0.3) is 0 Å². The second kappa shape index (κ2) is 6.69. The molecule has 0 saturated heterocycles. The Bertz CT molecular complexity index is 915. The molecule has 2 aromatic heterocycles. The number of alkyl halides is 3. The SMILES string of the molecule is Cc1c(S(=O)(=O)NCCCn2nc(C(F)(F)F)c3c2CCC3)cnn1C. The number of aromatic nitrogens is 4. The first-order valence-electron chi connectivity index (χ1n) is 8.25. The van der Waals surface area contributed by atoms with Crippen LogP contribution in [0.25, 0.3) is 0 Å². The van der Waals surface area contributed by atoms with E-state index in [1.807, 2.05) is 0 Å². The smallest absolute Gasteiger partial charge is 0.272 e. The van der Waals surface area contributed by atoms with Crippen LogP contribution in [0.4, 0.5) is 13.2 Å². The van der Waals surface area contributed by atoms with Gasteiger partial charge in [-0.1, -0.05) is 0 Å². The lowest BCUT2D eigenvalue weighted by atomic mass is 10.2. The lowest BCUT2D eigenvalue weighted by molar-refractivity contribution is -0.142. The van der Waals surface area contributed by atoms with Gasteiger partial charge in [0.1, 0.15) is 4.90 Å². The van der Waals surface area contributed by atoms with E-state index < -0.39 is 21.9 Å². The van der Waals surface area contributed by atoms with Crippen molar-refractivity contribution in [2.45, 2.75) is 50.2 Å².